The third kappa shape index (κ3) is 4.88. The van der Waals surface area contributed by atoms with Crippen molar-refractivity contribution in [1.29, 1.82) is 5.26 Å². The molecule has 0 atom stereocenters. The van der Waals surface area contributed by atoms with Crippen LogP contribution in [0.5, 0.6) is 0 Å². The first-order valence-corrected chi connectivity index (χ1v) is 12.9. The van der Waals surface area contributed by atoms with Gasteiger partial charge in [0.2, 0.25) is 5.91 Å². The zero-order chi connectivity index (χ0) is 27.2. The van der Waals surface area contributed by atoms with Crippen LogP contribution in [0.2, 0.25) is 0 Å². The minimum atomic E-state index is -0.542. The average molecular weight is 516 g/mol. The summed E-state index contributed by atoms with van der Waals surface area (Å²) in [5.74, 6) is -0.0438. The van der Waals surface area contributed by atoms with Crippen molar-refractivity contribution >= 4 is 23.1 Å². The van der Waals surface area contributed by atoms with Gasteiger partial charge in [-0.25, -0.2) is 9.31 Å². The van der Waals surface area contributed by atoms with Crippen LogP contribution in [0.3, 0.4) is 0 Å². The lowest BCUT2D eigenvalue weighted by Gasteiger charge is -2.42. The largest absolute Gasteiger partial charge is 0.444 e. The number of allylic oxidation sites excluding steroid dienone is 1. The molecule has 2 aliphatic rings. The van der Waals surface area contributed by atoms with Crippen LogP contribution in [0.1, 0.15) is 57.7 Å². The van der Waals surface area contributed by atoms with Crippen LogP contribution >= 0.6 is 0 Å². The lowest BCUT2D eigenvalue weighted by Crippen LogP contribution is -2.58. The third-order valence-electron chi connectivity index (χ3n) is 7.16. The van der Waals surface area contributed by atoms with Crippen molar-refractivity contribution in [3.8, 4) is 17.2 Å². The Morgan fingerprint density at radius 2 is 1.79 bits per heavy atom. The van der Waals surface area contributed by atoms with E-state index in [-0.39, 0.29) is 24.0 Å². The minimum Gasteiger partial charge on any atom is -0.444 e. The molecule has 0 saturated carbocycles. The number of nitriles is 1. The first-order chi connectivity index (χ1) is 18.0. The second kappa shape index (κ2) is 9.63. The number of nitrogens with zero attached hydrogens (tertiary/aromatic N) is 7. The number of ether oxygens (including phenoxy) is 1. The lowest BCUT2D eigenvalue weighted by molar-refractivity contribution is -0.141. The Kier molecular flexibility index (Phi) is 6.47. The van der Waals surface area contributed by atoms with Crippen molar-refractivity contribution in [3.63, 3.8) is 0 Å². The smallest absolute Gasteiger partial charge is 0.410 e. The van der Waals surface area contributed by atoms with Gasteiger partial charge in [0.05, 0.1) is 35.4 Å². The van der Waals surface area contributed by atoms with Crippen molar-refractivity contribution in [2.45, 2.75) is 52.2 Å². The fourth-order valence-electron chi connectivity index (χ4n) is 5.09. The lowest BCUT2D eigenvalue weighted by atomic mass is 9.96. The standard InChI is InChI=1S/C28H33N7O3/c1-18(2)24-10-19(16-35-25(24)20(11-29)12-31-35)21-13-30-34(17-21)23-6-8-32(9-7-23)26(36)22-14-33(15-22)27(37)38-28(3,4)5/h10,12-13,16-17,22-23H,1,6-9,14-15H2,2-5H3. The molecule has 2 amide bonds. The normalized spacial score (nSPS) is 16.8. The van der Waals surface area contributed by atoms with Gasteiger partial charge in [-0.3, -0.25) is 9.48 Å². The van der Waals surface area contributed by atoms with E-state index in [0.717, 1.165) is 40.6 Å². The van der Waals surface area contributed by atoms with E-state index in [9.17, 15) is 14.9 Å². The van der Waals surface area contributed by atoms with Crippen molar-refractivity contribution in [2.24, 2.45) is 5.92 Å². The first kappa shape index (κ1) is 25.5. The van der Waals surface area contributed by atoms with E-state index in [0.29, 0.717) is 31.7 Å². The fourth-order valence-corrected chi connectivity index (χ4v) is 5.09. The highest BCUT2D eigenvalue weighted by Crippen LogP contribution is 2.31. The Bertz CT molecular complexity index is 1440. The molecule has 0 aliphatic carbocycles. The zero-order valence-corrected chi connectivity index (χ0v) is 22.3. The van der Waals surface area contributed by atoms with E-state index in [1.165, 1.54) is 0 Å². The number of rotatable bonds is 4. The van der Waals surface area contributed by atoms with E-state index in [2.05, 4.69) is 22.8 Å². The predicted molar refractivity (Wildman–Crippen MR) is 142 cm³/mol. The SMILES string of the molecule is C=C(C)c1cc(-c2cnn(C3CCN(C(=O)C4CN(C(=O)OC(C)(C)C)C4)CC3)c2)cn2ncc(C#N)c12. The third-order valence-corrected chi connectivity index (χ3v) is 7.16. The van der Waals surface area contributed by atoms with Crippen LogP contribution in [0.4, 0.5) is 4.79 Å². The number of amides is 2. The van der Waals surface area contributed by atoms with E-state index in [4.69, 9.17) is 4.74 Å². The van der Waals surface area contributed by atoms with Crippen LogP contribution in [0.25, 0.3) is 22.2 Å². The molecule has 38 heavy (non-hydrogen) atoms. The molecule has 2 saturated heterocycles. The molecule has 3 aromatic heterocycles. The highest BCUT2D eigenvalue weighted by Gasteiger charge is 2.40. The molecular formula is C28H33N7O3. The molecule has 10 heteroatoms. The van der Waals surface area contributed by atoms with Gasteiger partial charge in [-0.2, -0.15) is 15.5 Å². The van der Waals surface area contributed by atoms with Crippen LogP contribution < -0.4 is 0 Å². The van der Waals surface area contributed by atoms with Gasteiger partial charge in [0, 0.05) is 55.3 Å². The molecule has 2 fully saturated rings. The maximum Gasteiger partial charge on any atom is 0.410 e. The van der Waals surface area contributed by atoms with E-state index >= 15 is 0 Å². The number of piperidine rings is 1. The minimum absolute atomic E-state index is 0.112. The van der Waals surface area contributed by atoms with Crippen LogP contribution in [-0.4, -0.2) is 73.0 Å². The monoisotopic (exact) mass is 515 g/mol. The van der Waals surface area contributed by atoms with Crippen molar-refractivity contribution in [3.05, 3.63) is 48.6 Å². The van der Waals surface area contributed by atoms with Gasteiger partial charge in [0.15, 0.2) is 0 Å². The summed E-state index contributed by atoms with van der Waals surface area (Å²) in [6.45, 7) is 13.7. The summed E-state index contributed by atoms with van der Waals surface area (Å²) >= 11 is 0. The Hall–Kier alpha value is -4.13. The molecule has 5 rings (SSSR count). The van der Waals surface area contributed by atoms with Gasteiger partial charge in [0.25, 0.3) is 0 Å². The van der Waals surface area contributed by atoms with Crippen molar-refractivity contribution in [1.82, 2.24) is 29.2 Å². The highest BCUT2D eigenvalue weighted by molar-refractivity contribution is 5.84. The number of carbonyl (C=O) groups excluding carboxylic acids is 2. The Labute approximate surface area is 222 Å². The number of aromatic nitrogens is 4. The summed E-state index contributed by atoms with van der Waals surface area (Å²) in [6.07, 6.45) is 8.63. The molecule has 198 valence electrons. The van der Waals surface area contributed by atoms with Crippen molar-refractivity contribution < 1.29 is 14.3 Å². The van der Waals surface area contributed by atoms with E-state index < -0.39 is 5.60 Å². The van der Waals surface area contributed by atoms with E-state index in [1.54, 1.807) is 15.6 Å². The molecular weight excluding hydrogens is 482 g/mol. The topological polar surface area (TPSA) is 109 Å². The first-order valence-electron chi connectivity index (χ1n) is 12.9. The summed E-state index contributed by atoms with van der Waals surface area (Å²) in [4.78, 5) is 28.6. The summed E-state index contributed by atoms with van der Waals surface area (Å²) in [5, 5.41) is 18.4. The zero-order valence-electron chi connectivity index (χ0n) is 22.3. The molecule has 2 aliphatic heterocycles. The number of pyridine rings is 1. The molecule has 0 N–H and O–H groups in total. The number of hydrogen-bond acceptors (Lipinski definition) is 6. The summed E-state index contributed by atoms with van der Waals surface area (Å²) in [5.41, 5.74) is 4.39. The quantitative estimate of drug-likeness (QED) is 0.517. The molecule has 0 unspecified atom stereocenters. The molecule has 5 heterocycles. The van der Waals surface area contributed by atoms with Crippen LogP contribution in [-0.2, 0) is 9.53 Å². The highest BCUT2D eigenvalue weighted by atomic mass is 16.6. The molecule has 10 nitrogen and oxygen atoms in total. The molecule has 0 spiro atoms. The Balaban J connectivity index is 1.21. The number of likely N-dealkylation sites (tertiary alicyclic amines) is 2. The molecule has 3 aromatic rings. The Morgan fingerprint density at radius 1 is 1.08 bits per heavy atom. The van der Waals surface area contributed by atoms with Gasteiger partial charge >= 0.3 is 6.09 Å². The molecule has 0 radical (unpaired) electrons. The van der Waals surface area contributed by atoms with E-state index in [1.807, 2.05) is 61.9 Å². The predicted octanol–water partition coefficient (Wildman–Crippen LogP) is 4.13. The Morgan fingerprint density at radius 3 is 2.42 bits per heavy atom. The second-order valence-corrected chi connectivity index (χ2v) is 11.2. The maximum atomic E-state index is 13.0. The van der Waals surface area contributed by atoms with Gasteiger partial charge < -0.3 is 14.5 Å². The number of fused-ring (bicyclic) bond motifs is 1. The second-order valence-electron chi connectivity index (χ2n) is 11.2. The number of carbonyl (C=O) groups is 2. The van der Waals surface area contributed by atoms with Crippen LogP contribution in [0, 0.1) is 17.2 Å². The van der Waals surface area contributed by atoms with Gasteiger partial charge in [0.1, 0.15) is 11.7 Å². The molecule has 0 aromatic carbocycles. The average Bonchev–Trinajstić information content (AvgIpc) is 3.48. The summed E-state index contributed by atoms with van der Waals surface area (Å²) < 4.78 is 9.10. The number of hydrogen-bond donors (Lipinski definition) is 0. The van der Waals surface area contributed by atoms with Gasteiger partial charge in [-0.05, 0) is 52.2 Å². The molecule has 0 bridgehead atoms. The maximum absolute atomic E-state index is 13.0. The van der Waals surface area contributed by atoms with Crippen LogP contribution in [0.15, 0.2) is 37.4 Å². The summed E-state index contributed by atoms with van der Waals surface area (Å²) in [6, 6.07) is 4.43. The summed E-state index contributed by atoms with van der Waals surface area (Å²) in [7, 11) is 0. The van der Waals surface area contributed by atoms with Gasteiger partial charge in [-0.1, -0.05) is 6.58 Å². The fraction of sp³-hybridized carbons (Fsp3) is 0.464. The van der Waals surface area contributed by atoms with Gasteiger partial charge in [-0.15, -0.1) is 0 Å². The van der Waals surface area contributed by atoms with Crippen molar-refractivity contribution in [2.75, 3.05) is 26.2 Å².